The zero-order valence-corrected chi connectivity index (χ0v) is 17.6. The molecule has 0 radical (unpaired) electrons. The molecule has 1 unspecified atom stereocenters. The normalized spacial score (nSPS) is 23.3. The minimum Gasteiger partial charge on any atom is -0.371 e. The summed E-state index contributed by atoms with van der Waals surface area (Å²) in [6.07, 6.45) is 12.0. The zero-order chi connectivity index (χ0) is 20.9. The van der Waals surface area contributed by atoms with Crippen molar-refractivity contribution in [2.24, 2.45) is 17.8 Å². The lowest BCUT2D eigenvalue weighted by atomic mass is 10.1. The van der Waals surface area contributed by atoms with Gasteiger partial charge >= 0.3 is 0 Å². The van der Waals surface area contributed by atoms with Crippen LogP contribution in [0.15, 0.2) is 91.1 Å². The Morgan fingerprint density at radius 2 is 1.90 bits per heavy atom. The van der Waals surface area contributed by atoms with Crippen LogP contribution < -0.4 is 10.2 Å². The smallest absolute Gasteiger partial charge is 0.243 e. The second-order valence-electron chi connectivity index (χ2n) is 8.24. The topological polar surface area (TPSA) is 32.3 Å². The maximum atomic E-state index is 12.0. The fourth-order valence-electron chi connectivity index (χ4n) is 4.65. The lowest BCUT2D eigenvalue weighted by Crippen LogP contribution is -2.26. The molecule has 1 amide bonds. The van der Waals surface area contributed by atoms with E-state index in [2.05, 4.69) is 59.3 Å². The van der Waals surface area contributed by atoms with Crippen LogP contribution >= 0.6 is 0 Å². The maximum Gasteiger partial charge on any atom is 0.243 e. The van der Waals surface area contributed by atoms with Crippen LogP contribution in [0.4, 0.5) is 5.69 Å². The molecule has 1 N–H and O–H groups in total. The lowest BCUT2D eigenvalue weighted by Gasteiger charge is -2.22. The number of carbonyl (C=O) groups is 1. The third-order valence-electron chi connectivity index (χ3n) is 6.39. The number of amides is 1. The van der Waals surface area contributed by atoms with E-state index in [0.717, 1.165) is 49.4 Å². The Morgan fingerprint density at radius 3 is 2.63 bits per heavy atom. The monoisotopic (exact) mass is 398 g/mol. The number of benzene rings is 2. The number of carbonyl (C=O) groups excluding carboxylic acids is 1. The average molecular weight is 399 g/mol. The quantitative estimate of drug-likeness (QED) is 0.485. The molecule has 2 aromatic rings. The molecule has 1 saturated carbocycles. The van der Waals surface area contributed by atoms with Crippen molar-refractivity contribution in [2.45, 2.75) is 13.3 Å². The van der Waals surface area contributed by atoms with Crippen LogP contribution in [0.5, 0.6) is 0 Å². The Bertz CT molecular complexity index is 1000. The second kappa shape index (κ2) is 9.17. The molecule has 1 aliphatic carbocycles. The molecule has 1 heterocycles. The number of piperidine rings is 1. The summed E-state index contributed by atoms with van der Waals surface area (Å²) in [4.78, 5) is 14.6. The predicted molar refractivity (Wildman–Crippen MR) is 126 cm³/mol. The molecule has 154 valence electrons. The zero-order valence-electron chi connectivity index (χ0n) is 17.6. The summed E-state index contributed by atoms with van der Waals surface area (Å²) in [6.45, 7) is 8.76. The highest BCUT2D eigenvalue weighted by atomic mass is 16.1. The molecule has 0 bridgehead atoms. The number of fused-ring (bicyclic) bond motifs is 2. The molecule has 2 fully saturated rings. The molecule has 0 spiro atoms. The number of rotatable bonds is 8. The van der Waals surface area contributed by atoms with Crippen molar-refractivity contribution in [3.63, 3.8) is 0 Å². The molecule has 3 atom stereocenters. The maximum absolute atomic E-state index is 12.0. The summed E-state index contributed by atoms with van der Waals surface area (Å²) in [6, 6.07) is 15.3. The third kappa shape index (κ3) is 4.56. The molecule has 3 heteroatoms. The predicted octanol–water partition coefficient (Wildman–Crippen LogP) is 5.27. The van der Waals surface area contributed by atoms with Gasteiger partial charge in [0.2, 0.25) is 5.91 Å². The number of hydrogen-bond acceptors (Lipinski definition) is 2. The van der Waals surface area contributed by atoms with Gasteiger partial charge in [-0.15, -0.1) is 0 Å². The van der Waals surface area contributed by atoms with E-state index in [-0.39, 0.29) is 5.91 Å². The van der Waals surface area contributed by atoms with Crippen LogP contribution in [0.3, 0.4) is 0 Å². The van der Waals surface area contributed by atoms with E-state index in [1.165, 1.54) is 16.5 Å². The molecular weight excluding hydrogens is 368 g/mol. The Hall–Kier alpha value is -3.07. The van der Waals surface area contributed by atoms with Crippen LogP contribution in [0.1, 0.15) is 13.3 Å². The third-order valence-corrected chi connectivity index (χ3v) is 6.39. The lowest BCUT2D eigenvalue weighted by molar-refractivity contribution is -0.116. The van der Waals surface area contributed by atoms with Crippen molar-refractivity contribution < 1.29 is 4.79 Å². The molecule has 0 aromatic heterocycles. The molecule has 30 heavy (non-hydrogen) atoms. The Balaban J connectivity index is 1.21. The van der Waals surface area contributed by atoms with E-state index in [9.17, 15) is 4.79 Å². The SMILES string of the molecule is C=CC(/C=C/C(=O)NCCC1[C@H]2CN(c3ccc4ccccc4c3)C[C@@H]12)=C\C=C/C. The van der Waals surface area contributed by atoms with Gasteiger partial charge in [-0.25, -0.2) is 0 Å². The van der Waals surface area contributed by atoms with E-state index in [0.29, 0.717) is 0 Å². The first-order chi connectivity index (χ1) is 14.7. The number of anilines is 1. The first kappa shape index (κ1) is 20.2. The molecule has 2 aromatic carbocycles. The summed E-state index contributed by atoms with van der Waals surface area (Å²) in [7, 11) is 0. The van der Waals surface area contributed by atoms with Crippen molar-refractivity contribution >= 4 is 22.4 Å². The van der Waals surface area contributed by atoms with Gasteiger partial charge in [0.15, 0.2) is 0 Å². The summed E-state index contributed by atoms with van der Waals surface area (Å²) in [5.74, 6) is 2.27. The van der Waals surface area contributed by atoms with Gasteiger partial charge in [0.25, 0.3) is 0 Å². The van der Waals surface area contributed by atoms with Gasteiger partial charge in [0, 0.05) is 31.4 Å². The molecule has 1 aliphatic heterocycles. The standard InChI is InChI=1S/C27H30N2O/c1-3-5-8-20(4-2)11-14-27(30)28-16-15-24-25-18-29(19-26(24)25)23-13-12-21-9-6-7-10-22(21)17-23/h3-14,17,24-26H,2,15-16,18-19H2,1H3,(H,28,30)/b5-3-,14-11+,20-8+/t24?,25-,26+. The minimum atomic E-state index is -0.0353. The van der Waals surface area contributed by atoms with Crippen molar-refractivity contribution in [1.82, 2.24) is 5.32 Å². The van der Waals surface area contributed by atoms with Crippen LogP contribution in [0.2, 0.25) is 0 Å². The van der Waals surface area contributed by atoms with E-state index in [4.69, 9.17) is 0 Å². The van der Waals surface area contributed by atoms with Crippen molar-refractivity contribution in [2.75, 3.05) is 24.5 Å². The van der Waals surface area contributed by atoms with E-state index >= 15 is 0 Å². The fourth-order valence-corrected chi connectivity index (χ4v) is 4.65. The van der Waals surface area contributed by atoms with Gasteiger partial charge in [-0.05, 0) is 65.7 Å². The van der Waals surface area contributed by atoms with Gasteiger partial charge in [-0.1, -0.05) is 61.2 Å². The second-order valence-corrected chi connectivity index (χ2v) is 8.24. The van der Waals surface area contributed by atoms with Crippen LogP contribution in [-0.2, 0) is 4.79 Å². The molecular formula is C27H30N2O. The molecule has 4 rings (SSSR count). The minimum absolute atomic E-state index is 0.0353. The van der Waals surface area contributed by atoms with Gasteiger partial charge < -0.3 is 10.2 Å². The Morgan fingerprint density at radius 1 is 1.13 bits per heavy atom. The molecule has 1 saturated heterocycles. The van der Waals surface area contributed by atoms with Crippen molar-refractivity contribution in [3.8, 4) is 0 Å². The molecule has 3 nitrogen and oxygen atoms in total. The van der Waals surface area contributed by atoms with Gasteiger partial charge in [0.1, 0.15) is 0 Å². The molecule has 2 aliphatic rings. The highest BCUT2D eigenvalue weighted by Crippen LogP contribution is 2.54. The van der Waals surface area contributed by atoms with Gasteiger partial charge in [-0.2, -0.15) is 0 Å². The van der Waals surface area contributed by atoms with Crippen molar-refractivity contribution in [3.05, 3.63) is 91.1 Å². The number of allylic oxidation sites excluding steroid dienone is 6. The van der Waals surface area contributed by atoms with E-state index in [1.807, 2.05) is 25.2 Å². The highest BCUT2D eigenvalue weighted by molar-refractivity contribution is 5.88. The Labute approximate surface area is 179 Å². The number of hydrogen-bond donors (Lipinski definition) is 1. The number of nitrogens with one attached hydrogen (secondary N) is 1. The largest absolute Gasteiger partial charge is 0.371 e. The summed E-state index contributed by atoms with van der Waals surface area (Å²) in [5, 5.41) is 5.63. The Kier molecular flexibility index (Phi) is 6.18. The van der Waals surface area contributed by atoms with Gasteiger partial charge in [0.05, 0.1) is 0 Å². The van der Waals surface area contributed by atoms with E-state index in [1.54, 1.807) is 18.2 Å². The summed E-state index contributed by atoms with van der Waals surface area (Å²) in [5.41, 5.74) is 2.26. The van der Waals surface area contributed by atoms with Crippen LogP contribution in [0.25, 0.3) is 10.8 Å². The average Bonchev–Trinajstić information content (AvgIpc) is 3.21. The first-order valence-corrected chi connectivity index (χ1v) is 10.8. The van der Waals surface area contributed by atoms with Gasteiger partial charge in [-0.3, -0.25) is 4.79 Å². The summed E-state index contributed by atoms with van der Waals surface area (Å²) < 4.78 is 0. The summed E-state index contributed by atoms with van der Waals surface area (Å²) >= 11 is 0. The van der Waals surface area contributed by atoms with E-state index < -0.39 is 0 Å². The van der Waals surface area contributed by atoms with Crippen LogP contribution in [0, 0.1) is 17.8 Å². The van der Waals surface area contributed by atoms with Crippen molar-refractivity contribution in [1.29, 1.82) is 0 Å². The number of nitrogens with zero attached hydrogens (tertiary/aromatic N) is 1. The van der Waals surface area contributed by atoms with Crippen LogP contribution in [-0.4, -0.2) is 25.5 Å². The fraction of sp³-hybridized carbons (Fsp3) is 0.296. The highest BCUT2D eigenvalue weighted by Gasteiger charge is 2.54. The first-order valence-electron chi connectivity index (χ1n) is 10.8.